The molecule has 2 amide bonds. The van der Waals surface area contributed by atoms with Crippen molar-refractivity contribution in [1.82, 2.24) is 15.2 Å². The first-order valence-electron chi connectivity index (χ1n) is 8.12. The summed E-state index contributed by atoms with van der Waals surface area (Å²) in [6, 6.07) is -0.953. The Morgan fingerprint density at radius 3 is 2.83 bits per heavy atom. The fourth-order valence-electron chi connectivity index (χ4n) is 2.97. The standard InChI is InChI=1S/C15H13N5O7S2.ClH/c1-4(21)27-19-7(6-3-29-15(16)17-6)10(22)18-8-11(23)20-9-5(2-28-12(8)20)13(24)26-14(9)25;/h3,8,12-13,24H,2H2,1H3,(H2,16,17)(H,18,22);1H/b19-7-;. The second-order valence-corrected chi connectivity index (χ2v) is 8.08. The molecule has 1 fully saturated rings. The fourth-order valence-corrected chi connectivity index (χ4v) is 4.88. The van der Waals surface area contributed by atoms with Crippen molar-refractivity contribution in [3.63, 3.8) is 0 Å². The van der Waals surface area contributed by atoms with Gasteiger partial charge in [0.25, 0.3) is 11.8 Å². The molecule has 0 radical (unpaired) electrons. The Labute approximate surface area is 182 Å². The monoisotopic (exact) mass is 475 g/mol. The molecule has 0 aliphatic carbocycles. The summed E-state index contributed by atoms with van der Waals surface area (Å²) in [6.45, 7) is 1.11. The van der Waals surface area contributed by atoms with E-state index in [-0.39, 0.29) is 40.4 Å². The molecule has 0 bridgehead atoms. The Morgan fingerprint density at radius 2 is 2.20 bits per heavy atom. The summed E-state index contributed by atoms with van der Waals surface area (Å²) in [5.41, 5.74) is 5.67. The van der Waals surface area contributed by atoms with E-state index in [0.717, 1.165) is 18.3 Å². The van der Waals surface area contributed by atoms with E-state index in [9.17, 15) is 24.3 Å². The number of cyclic esters (lactones) is 1. The minimum Gasteiger partial charge on any atom is -0.427 e. The highest BCUT2D eigenvalue weighted by atomic mass is 35.5. The van der Waals surface area contributed by atoms with Gasteiger partial charge < -0.3 is 25.7 Å². The molecule has 4 N–H and O–H groups in total. The van der Waals surface area contributed by atoms with Crippen molar-refractivity contribution in [2.24, 2.45) is 5.16 Å². The zero-order valence-corrected chi connectivity index (χ0v) is 17.5. The fraction of sp³-hybridized carbons (Fsp3) is 0.333. The number of aliphatic hydroxyl groups excluding tert-OH is 1. The quantitative estimate of drug-likeness (QED) is 0.160. The van der Waals surface area contributed by atoms with E-state index in [0.29, 0.717) is 5.57 Å². The number of halogens is 1. The lowest BCUT2D eigenvalue weighted by atomic mass is 10.0. The van der Waals surface area contributed by atoms with Gasteiger partial charge in [-0.3, -0.25) is 14.5 Å². The maximum Gasteiger partial charge on any atom is 0.357 e. The number of nitrogens with zero attached hydrogens (tertiary/aromatic N) is 3. The number of thiazole rings is 1. The molecule has 3 aliphatic heterocycles. The molecule has 3 aliphatic rings. The van der Waals surface area contributed by atoms with Gasteiger partial charge in [0.15, 0.2) is 10.8 Å². The highest BCUT2D eigenvalue weighted by Crippen LogP contribution is 2.43. The molecule has 0 saturated carbocycles. The van der Waals surface area contributed by atoms with Crippen LogP contribution in [0.25, 0.3) is 0 Å². The van der Waals surface area contributed by atoms with Gasteiger partial charge in [-0.05, 0) is 0 Å². The predicted molar refractivity (Wildman–Crippen MR) is 106 cm³/mol. The highest BCUT2D eigenvalue weighted by Gasteiger charge is 2.57. The Bertz CT molecular complexity index is 1010. The van der Waals surface area contributed by atoms with Crippen LogP contribution in [0.1, 0.15) is 12.6 Å². The van der Waals surface area contributed by atoms with Gasteiger partial charge in [0.1, 0.15) is 22.8 Å². The van der Waals surface area contributed by atoms with Crippen LogP contribution >= 0.6 is 35.5 Å². The summed E-state index contributed by atoms with van der Waals surface area (Å²) in [6.07, 6.45) is -1.37. The summed E-state index contributed by atoms with van der Waals surface area (Å²) < 4.78 is 4.74. The number of hydrogen-bond donors (Lipinski definition) is 3. The van der Waals surface area contributed by atoms with Crippen molar-refractivity contribution in [1.29, 1.82) is 0 Å². The maximum atomic E-state index is 12.7. The molecule has 1 saturated heterocycles. The van der Waals surface area contributed by atoms with Crippen LogP contribution in [-0.4, -0.2) is 67.9 Å². The van der Waals surface area contributed by atoms with Crippen LogP contribution in [0.5, 0.6) is 0 Å². The van der Waals surface area contributed by atoms with E-state index in [2.05, 4.69) is 20.3 Å². The molecule has 0 aromatic carbocycles. The third kappa shape index (κ3) is 3.62. The average molecular weight is 476 g/mol. The molecular formula is C15H14ClN5O7S2. The number of anilines is 1. The summed E-state index contributed by atoms with van der Waals surface area (Å²) >= 11 is 2.32. The van der Waals surface area contributed by atoms with E-state index in [1.54, 1.807) is 0 Å². The summed E-state index contributed by atoms with van der Waals surface area (Å²) in [7, 11) is 0. The van der Waals surface area contributed by atoms with Crippen LogP contribution in [0, 0.1) is 0 Å². The lowest BCUT2D eigenvalue weighted by Gasteiger charge is -2.48. The number of carbonyl (C=O) groups is 4. The highest BCUT2D eigenvalue weighted by molar-refractivity contribution is 8.00. The minimum atomic E-state index is -1.37. The van der Waals surface area contributed by atoms with Gasteiger partial charge in [0, 0.05) is 23.6 Å². The van der Waals surface area contributed by atoms with E-state index in [1.807, 2.05) is 0 Å². The molecular weight excluding hydrogens is 462 g/mol. The van der Waals surface area contributed by atoms with Gasteiger partial charge in [-0.2, -0.15) is 0 Å². The molecule has 1 aromatic heterocycles. The Morgan fingerprint density at radius 1 is 1.47 bits per heavy atom. The number of β-lactam (4-membered cyclic amide) rings is 1. The molecule has 4 rings (SSSR count). The minimum absolute atomic E-state index is 0. The van der Waals surface area contributed by atoms with Crippen LogP contribution in [0.15, 0.2) is 21.8 Å². The molecule has 15 heteroatoms. The molecule has 30 heavy (non-hydrogen) atoms. The number of carbonyl (C=O) groups excluding carboxylic acids is 4. The van der Waals surface area contributed by atoms with Crippen molar-refractivity contribution in [2.75, 3.05) is 11.5 Å². The first-order valence-corrected chi connectivity index (χ1v) is 10.1. The Balaban J connectivity index is 0.00000256. The van der Waals surface area contributed by atoms with Crippen LogP contribution < -0.4 is 11.1 Å². The smallest absolute Gasteiger partial charge is 0.357 e. The number of amides is 2. The van der Waals surface area contributed by atoms with Gasteiger partial charge in [0.2, 0.25) is 6.29 Å². The third-order valence-electron chi connectivity index (χ3n) is 4.24. The van der Waals surface area contributed by atoms with Crippen molar-refractivity contribution in [2.45, 2.75) is 24.6 Å². The number of fused-ring (bicyclic) bond motifs is 2. The molecule has 12 nitrogen and oxygen atoms in total. The zero-order chi connectivity index (χ0) is 20.9. The van der Waals surface area contributed by atoms with Crippen LogP contribution in [-0.2, 0) is 28.8 Å². The molecule has 0 spiro atoms. The second-order valence-electron chi connectivity index (χ2n) is 6.09. The number of rotatable bonds is 4. The number of aromatic nitrogens is 1. The number of nitrogens with one attached hydrogen (secondary N) is 1. The lowest BCUT2D eigenvalue weighted by Crippen LogP contribution is -2.70. The van der Waals surface area contributed by atoms with Crippen molar-refractivity contribution in [3.05, 3.63) is 22.3 Å². The van der Waals surface area contributed by atoms with Gasteiger partial charge in [-0.1, -0.05) is 5.16 Å². The largest absolute Gasteiger partial charge is 0.427 e. The number of thioether (sulfide) groups is 1. The number of esters is 1. The molecule has 3 atom stereocenters. The molecule has 160 valence electrons. The lowest BCUT2D eigenvalue weighted by molar-refractivity contribution is -0.157. The number of ether oxygens (including phenoxy) is 1. The maximum absolute atomic E-state index is 12.7. The predicted octanol–water partition coefficient (Wildman–Crippen LogP) is -1.06. The summed E-state index contributed by atoms with van der Waals surface area (Å²) in [5, 5.41) is 16.8. The molecule has 4 heterocycles. The number of aliphatic hydroxyl groups is 1. The van der Waals surface area contributed by atoms with Crippen LogP contribution in [0.3, 0.4) is 0 Å². The first-order chi connectivity index (χ1) is 13.8. The second kappa shape index (κ2) is 8.22. The topological polar surface area (TPSA) is 174 Å². The average Bonchev–Trinajstić information content (AvgIpc) is 3.21. The van der Waals surface area contributed by atoms with Crippen molar-refractivity contribution in [3.8, 4) is 0 Å². The number of nitrogens with two attached hydrogens (primary N) is 1. The van der Waals surface area contributed by atoms with E-state index in [4.69, 9.17) is 10.5 Å². The molecule has 1 aromatic rings. The van der Waals surface area contributed by atoms with Gasteiger partial charge >= 0.3 is 11.9 Å². The molecule has 3 unspecified atom stereocenters. The summed E-state index contributed by atoms with van der Waals surface area (Å²) in [4.78, 5) is 57.9. The van der Waals surface area contributed by atoms with E-state index in [1.165, 1.54) is 22.0 Å². The van der Waals surface area contributed by atoms with Gasteiger partial charge in [-0.25, -0.2) is 14.6 Å². The number of oxime groups is 1. The zero-order valence-electron chi connectivity index (χ0n) is 15.1. The Hall–Kier alpha value is -2.68. The normalized spacial score (nSPS) is 24.9. The van der Waals surface area contributed by atoms with Gasteiger partial charge in [0.05, 0.1) is 0 Å². The van der Waals surface area contributed by atoms with Crippen molar-refractivity contribution >= 4 is 70.1 Å². The van der Waals surface area contributed by atoms with E-state index >= 15 is 0 Å². The van der Waals surface area contributed by atoms with Crippen LogP contribution in [0.2, 0.25) is 0 Å². The number of nitrogen functional groups attached to an aromatic ring is 1. The van der Waals surface area contributed by atoms with E-state index < -0.39 is 41.5 Å². The van der Waals surface area contributed by atoms with Crippen LogP contribution in [0.4, 0.5) is 5.13 Å². The third-order valence-corrected chi connectivity index (χ3v) is 6.22. The Kier molecular flexibility index (Phi) is 6.03. The first kappa shape index (κ1) is 22.0. The van der Waals surface area contributed by atoms with Crippen molar-refractivity contribution < 1.29 is 33.9 Å². The van der Waals surface area contributed by atoms with Gasteiger partial charge in [-0.15, -0.1) is 35.5 Å². The summed E-state index contributed by atoms with van der Waals surface area (Å²) in [5.74, 6) is -2.61. The number of hydrogen-bond acceptors (Lipinski definition) is 12. The SMILES string of the molecule is CC(=O)O/N=C(\C(=O)NC1C(=O)N2C3=C(CSC12)C(O)OC3=O)c1csc(N)n1.Cl.